The van der Waals surface area contributed by atoms with Crippen LogP contribution in [0, 0.1) is 5.92 Å². The maximum Gasteiger partial charge on any atom is 0.330 e. The summed E-state index contributed by atoms with van der Waals surface area (Å²) in [6, 6.07) is 7.38. The molecule has 8 nitrogen and oxygen atoms in total. The topological polar surface area (TPSA) is 114 Å². The lowest BCUT2D eigenvalue weighted by atomic mass is 10.1. The Morgan fingerprint density at radius 1 is 1.30 bits per heavy atom. The molecule has 0 aliphatic rings. The number of hydrogen-bond donors (Lipinski definition) is 2. The van der Waals surface area contributed by atoms with Gasteiger partial charge < -0.3 is 10.6 Å². The Morgan fingerprint density at radius 2 is 2.03 bits per heavy atom. The van der Waals surface area contributed by atoms with Crippen molar-refractivity contribution in [2.75, 3.05) is 17.2 Å². The highest BCUT2D eigenvalue weighted by molar-refractivity contribution is 7.13. The van der Waals surface area contributed by atoms with Crippen LogP contribution in [0.5, 0.6) is 0 Å². The molecular formula is C23H28ClN5O3S. The fourth-order valence-corrected chi connectivity index (χ4v) is 4.60. The maximum atomic E-state index is 13.3. The summed E-state index contributed by atoms with van der Waals surface area (Å²) in [5.41, 5.74) is 6.38. The fraction of sp³-hybridized carbons (Fsp3) is 0.391. The molecule has 0 radical (unpaired) electrons. The molecule has 0 saturated heterocycles. The number of aromatic amines is 1. The lowest BCUT2D eigenvalue weighted by Gasteiger charge is -2.26. The van der Waals surface area contributed by atoms with Gasteiger partial charge in [-0.1, -0.05) is 57.0 Å². The summed E-state index contributed by atoms with van der Waals surface area (Å²) in [7, 11) is 0. The minimum Gasteiger partial charge on any atom is -0.383 e. The van der Waals surface area contributed by atoms with Crippen LogP contribution in [0.25, 0.3) is 10.6 Å². The van der Waals surface area contributed by atoms with Gasteiger partial charge >= 0.3 is 5.69 Å². The van der Waals surface area contributed by atoms with E-state index in [1.807, 2.05) is 39.0 Å². The number of carbonyl (C=O) groups is 1. The molecule has 3 N–H and O–H groups in total. The number of H-pyrrole nitrogens is 1. The van der Waals surface area contributed by atoms with Gasteiger partial charge in [0.05, 0.1) is 17.1 Å². The molecule has 2 heterocycles. The monoisotopic (exact) mass is 489 g/mol. The number of unbranched alkanes of at least 4 members (excludes halogenated alkanes) is 1. The van der Waals surface area contributed by atoms with Crippen LogP contribution in [-0.2, 0) is 17.8 Å². The quantitative estimate of drug-likeness (QED) is 0.472. The van der Waals surface area contributed by atoms with E-state index in [4.69, 9.17) is 17.3 Å². The molecule has 0 spiro atoms. The van der Waals surface area contributed by atoms with E-state index < -0.39 is 11.2 Å². The minimum atomic E-state index is -0.672. The molecule has 33 heavy (non-hydrogen) atoms. The molecular weight excluding hydrogens is 462 g/mol. The molecule has 176 valence electrons. The lowest BCUT2D eigenvalue weighted by molar-refractivity contribution is -0.118. The van der Waals surface area contributed by atoms with E-state index in [0.29, 0.717) is 22.3 Å². The van der Waals surface area contributed by atoms with Crippen molar-refractivity contribution in [2.45, 2.75) is 46.6 Å². The van der Waals surface area contributed by atoms with Crippen LogP contribution >= 0.6 is 22.9 Å². The number of thiazole rings is 1. The van der Waals surface area contributed by atoms with Crippen LogP contribution in [0.2, 0.25) is 5.02 Å². The molecule has 2 aromatic heterocycles. The SMILES string of the molecule is CCCCn1c(N)c(N(CC(C)C)C(=O)Cc2csc(-c3ccccc3Cl)n2)c(=O)[nH]c1=O. The predicted molar refractivity (Wildman–Crippen MR) is 134 cm³/mol. The van der Waals surface area contributed by atoms with Crippen molar-refractivity contribution >= 4 is 40.4 Å². The summed E-state index contributed by atoms with van der Waals surface area (Å²) in [5.74, 6) is -0.253. The molecule has 0 aliphatic heterocycles. The van der Waals surface area contributed by atoms with Crippen molar-refractivity contribution in [3.05, 3.63) is 61.2 Å². The zero-order valence-electron chi connectivity index (χ0n) is 18.9. The summed E-state index contributed by atoms with van der Waals surface area (Å²) in [6.45, 7) is 6.51. The third kappa shape index (κ3) is 5.72. The minimum absolute atomic E-state index is 0.00114. The van der Waals surface area contributed by atoms with Crippen LogP contribution in [0.1, 0.15) is 39.3 Å². The Bertz CT molecular complexity index is 1250. The number of rotatable bonds is 9. The second-order valence-corrected chi connectivity index (χ2v) is 9.46. The molecule has 0 fully saturated rings. The van der Waals surface area contributed by atoms with Crippen molar-refractivity contribution in [1.82, 2.24) is 14.5 Å². The van der Waals surface area contributed by atoms with Gasteiger partial charge in [-0.05, 0) is 18.4 Å². The summed E-state index contributed by atoms with van der Waals surface area (Å²) < 4.78 is 1.32. The van der Waals surface area contributed by atoms with E-state index >= 15 is 0 Å². The Kier molecular flexibility index (Phi) is 8.10. The van der Waals surface area contributed by atoms with Crippen molar-refractivity contribution in [3.8, 4) is 10.6 Å². The van der Waals surface area contributed by atoms with E-state index in [1.54, 1.807) is 11.4 Å². The lowest BCUT2D eigenvalue weighted by Crippen LogP contribution is -2.43. The second-order valence-electron chi connectivity index (χ2n) is 8.20. The number of hydrogen-bond acceptors (Lipinski definition) is 6. The Labute approximate surface area is 201 Å². The number of nitrogens with two attached hydrogens (primary N) is 1. The highest BCUT2D eigenvalue weighted by atomic mass is 35.5. The molecule has 0 unspecified atom stereocenters. The number of aromatic nitrogens is 3. The van der Waals surface area contributed by atoms with Crippen LogP contribution in [-0.4, -0.2) is 27.0 Å². The Balaban J connectivity index is 1.95. The molecule has 0 bridgehead atoms. The zero-order chi connectivity index (χ0) is 24.1. The van der Waals surface area contributed by atoms with E-state index in [0.717, 1.165) is 18.4 Å². The van der Waals surface area contributed by atoms with Gasteiger partial charge in [0.15, 0.2) is 5.69 Å². The first-order valence-corrected chi connectivity index (χ1v) is 12.1. The molecule has 0 aliphatic carbocycles. The van der Waals surface area contributed by atoms with Crippen molar-refractivity contribution in [3.63, 3.8) is 0 Å². The van der Waals surface area contributed by atoms with E-state index in [1.165, 1.54) is 20.8 Å². The van der Waals surface area contributed by atoms with Gasteiger partial charge in [-0.2, -0.15) is 0 Å². The predicted octanol–water partition coefficient (Wildman–Crippen LogP) is 3.93. The zero-order valence-corrected chi connectivity index (χ0v) is 20.5. The Hall–Kier alpha value is -2.91. The van der Waals surface area contributed by atoms with Crippen molar-refractivity contribution < 1.29 is 4.79 Å². The number of anilines is 2. The third-order valence-corrected chi connectivity index (χ3v) is 6.31. The third-order valence-electron chi connectivity index (χ3n) is 5.06. The first-order chi connectivity index (χ1) is 15.7. The van der Waals surface area contributed by atoms with Crippen LogP contribution in [0.3, 0.4) is 0 Å². The molecule has 1 aromatic carbocycles. The van der Waals surface area contributed by atoms with Gasteiger partial charge in [-0.15, -0.1) is 11.3 Å². The van der Waals surface area contributed by atoms with E-state index in [2.05, 4.69) is 9.97 Å². The molecule has 0 saturated carbocycles. The fourth-order valence-electron chi connectivity index (χ4n) is 3.46. The first-order valence-electron chi connectivity index (χ1n) is 10.8. The number of carbonyl (C=O) groups excluding carboxylic acids is 1. The standard InChI is InChI=1S/C23H28ClN5O3S/c1-4-5-10-28-20(25)19(21(31)27-23(28)32)29(12-14(2)3)18(30)11-15-13-33-22(26-15)16-8-6-7-9-17(16)24/h6-9,13-14H,4-5,10-12,25H2,1-3H3,(H,27,31,32). The van der Waals surface area contributed by atoms with Crippen LogP contribution in [0.4, 0.5) is 11.5 Å². The molecule has 0 atom stereocenters. The number of nitrogen functional groups attached to an aromatic ring is 1. The van der Waals surface area contributed by atoms with E-state index in [9.17, 15) is 14.4 Å². The number of nitrogens with one attached hydrogen (secondary N) is 1. The highest BCUT2D eigenvalue weighted by Gasteiger charge is 2.26. The number of halogens is 1. The average molecular weight is 490 g/mol. The van der Waals surface area contributed by atoms with E-state index in [-0.39, 0.29) is 36.3 Å². The summed E-state index contributed by atoms with van der Waals surface area (Å²) >= 11 is 7.67. The van der Waals surface area contributed by atoms with Gasteiger partial charge in [-0.3, -0.25) is 19.1 Å². The largest absolute Gasteiger partial charge is 0.383 e. The normalized spacial score (nSPS) is 11.2. The maximum absolute atomic E-state index is 13.3. The highest BCUT2D eigenvalue weighted by Crippen LogP contribution is 2.30. The number of benzene rings is 1. The van der Waals surface area contributed by atoms with Crippen molar-refractivity contribution in [1.29, 1.82) is 0 Å². The smallest absolute Gasteiger partial charge is 0.330 e. The summed E-state index contributed by atoms with van der Waals surface area (Å²) in [4.78, 5) is 46.6. The first kappa shape index (κ1) is 24.7. The van der Waals surface area contributed by atoms with Gasteiger partial charge in [0.2, 0.25) is 5.91 Å². The summed E-state index contributed by atoms with van der Waals surface area (Å²) in [5, 5.41) is 3.10. The van der Waals surface area contributed by atoms with Gasteiger partial charge in [0.25, 0.3) is 5.56 Å². The summed E-state index contributed by atoms with van der Waals surface area (Å²) in [6.07, 6.45) is 1.56. The van der Waals surface area contributed by atoms with Crippen LogP contribution < -0.4 is 21.9 Å². The molecule has 3 rings (SSSR count). The molecule has 10 heteroatoms. The number of nitrogens with zero attached hydrogens (tertiary/aromatic N) is 3. The number of amides is 1. The van der Waals surface area contributed by atoms with Gasteiger partial charge in [-0.25, -0.2) is 9.78 Å². The van der Waals surface area contributed by atoms with Crippen molar-refractivity contribution in [2.24, 2.45) is 5.92 Å². The second kappa shape index (κ2) is 10.8. The average Bonchev–Trinajstić information content (AvgIpc) is 3.21. The Morgan fingerprint density at radius 3 is 2.70 bits per heavy atom. The van der Waals surface area contributed by atoms with Gasteiger partial charge in [0.1, 0.15) is 10.8 Å². The van der Waals surface area contributed by atoms with Crippen LogP contribution in [0.15, 0.2) is 39.2 Å². The molecule has 1 amide bonds. The molecule has 3 aromatic rings. The van der Waals surface area contributed by atoms with Gasteiger partial charge in [0, 0.05) is 24.0 Å².